The first-order valence-corrected chi connectivity index (χ1v) is 9.63. The van der Waals surface area contributed by atoms with Gasteiger partial charge in [-0.25, -0.2) is 9.97 Å². The third kappa shape index (κ3) is 2.22. The predicted molar refractivity (Wildman–Crippen MR) is 113 cm³/mol. The van der Waals surface area contributed by atoms with Gasteiger partial charge in [0.2, 0.25) is 0 Å². The van der Waals surface area contributed by atoms with E-state index in [1.165, 1.54) is 11.3 Å². The van der Waals surface area contributed by atoms with Crippen LogP contribution in [0.2, 0.25) is 0 Å². The number of anilines is 3. The largest absolute Gasteiger partial charge is 0.337 e. The average Bonchev–Trinajstić information content (AvgIpc) is 3.01. The van der Waals surface area contributed by atoms with Crippen LogP contribution in [0, 0.1) is 12.8 Å². The van der Waals surface area contributed by atoms with Gasteiger partial charge in [-0.2, -0.15) is 0 Å². The predicted octanol–water partition coefficient (Wildman–Crippen LogP) is 4.68. The maximum absolute atomic E-state index is 4.97. The molecule has 3 unspecified atom stereocenters. The van der Waals surface area contributed by atoms with Crippen molar-refractivity contribution in [3.63, 3.8) is 0 Å². The number of aromatic nitrogens is 3. The van der Waals surface area contributed by atoms with E-state index < -0.39 is 0 Å². The highest BCUT2D eigenvalue weighted by molar-refractivity contribution is 5.84. The molecular weight excluding hydrogens is 346 g/mol. The van der Waals surface area contributed by atoms with Gasteiger partial charge in [0, 0.05) is 42.5 Å². The van der Waals surface area contributed by atoms with Gasteiger partial charge in [-0.15, -0.1) is 6.58 Å². The van der Waals surface area contributed by atoms with E-state index in [0.717, 1.165) is 28.5 Å². The van der Waals surface area contributed by atoms with Crippen LogP contribution in [0.4, 0.5) is 17.2 Å². The monoisotopic (exact) mass is 369 g/mol. The van der Waals surface area contributed by atoms with E-state index in [0.29, 0.717) is 11.8 Å². The number of hydrogen-bond acceptors (Lipinski definition) is 5. The first-order chi connectivity index (χ1) is 13.6. The minimum Gasteiger partial charge on any atom is -0.337 e. The van der Waals surface area contributed by atoms with Crippen molar-refractivity contribution in [1.29, 1.82) is 0 Å². The number of nitrogens with zero attached hydrogens (tertiary/aromatic N) is 5. The Bertz CT molecular complexity index is 1080. The zero-order valence-corrected chi connectivity index (χ0v) is 16.4. The van der Waals surface area contributed by atoms with E-state index in [1.54, 1.807) is 6.20 Å². The molecule has 3 aromatic rings. The molecule has 0 radical (unpaired) electrons. The van der Waals surface area contributed by atoms with Crippen LogP contribution in [0.1, 0.15) is 24.0 Å². The molecule has 2 aliphatic rings. The van der Waals surface area contributed by atoms with Crippen molar-refractivity contribution in [2.45, 2.75) is 25.9 Å². The van der Waals surface area contributed by atoms with Crippen molar-refractivity contribution >= 4 is 17.2 Å². The summed E-state index contributed by atoms with van der Waals surface area (Å²) in [6.45, 7) is 8.45. The summed E-state index contributed by atoms with van der Waals surface area (Å²) in [5, 5.41) is 0. The summed E-state index contributed by atoms with van der Waals surface area (Å²) >= 11 is 0. The van der Waals surface area contributed by atoms with Crippen LogP contribution in [0.5, 0.6) is 0 Å². The van der Waals surface area contributed by atoms with E-state index in [1.807, 2.05) is 25.4 Å². The molecule has 2 aliphatic heterocycles. The Labute approximate surface area is 165 Å². The van der Waals surface area contributed by atoms with E-state index >= 15 is 0 Å². The van der Waals surface area contributed by atoms with Crippen LogP contribution in [-0.4, -0.2) is 28.2 Å². The molecule has 0 spiro atoms. The first kappa shape index (κ1) is 16.9. The summed E-state index contributed by atoms with van der Waals surface area (Å²) in [5.41, 5.74) is 5.69. The van der Waals surface area contributed by atoms with Gasteiger partial charge in [0.25, 0.3) is 0 Å². The SMILES string of the molecule is C=CC1c2ccccc2N2c3cnc(-c4ccncc4C)nc3N(C)C2C1C. The van der Waals surface area contributed by atoms with Crippen molar-refractivity contribution in [2.24, 2.45) is 5.92 Å². The molecule has 0 saturated carbocycles. The van der Waals surface area contributed by atoms with Gasteiger partial charge in [-0.1, -0.05) is 31.2 Å². The van der Waals surface area contributed by atoms with Crippen molar-refractivity contribution < 1.29 is 0 Å². The summed E-state index contributed by atoms with van der Waals surface area (Å²) in [6, 6.07) is 10.6. The van der Waals surface area contributed by atoms with Crippen LogP contribution in [0.15, 0.2) is 61.6 Å². The minimum absolute atomic E-state index is 0.191. The highest BCUT2D eigenvalue weighted by Gasteiger charge is 2.46. The maximum atomic E-state index is 4.97. The molecule has 140 valence electrons. The fourth-order valence-corrected chi connectivity index (χ4v) is 4.75. The number of benzene rings is 1. The lowest BCUT2D eigenvalue weighted by molar-refractivity contribution is 0.402. The molecule has 0 N–H and O–H groups in total. The number of fused-ring (bicyclic) bond motifs is 5. The third-order valence-electron chi connectivity index (χ3n) is 6.11. The molecule has 2 aromatic heterocycles. The molecule has 1 aromatic carbocycles. The normalized spacial score (nSPS) is 22.5. The molecule has 3 atom stereocenters. The van der Waals surface area contributed by atoms with Crippen LogP contribution >= 0.6 is 0 Å². The van der Waals surface area contributed by atoms with E-state index in [2.05, 4.69) is 65.7 Å². The van der Waals surface area contributed by atoms with Gasteiger partial charge in [-0.3, -0.25) is 4.98 Å². The summed E-state index contributed by atoms with van der Waals surface area (Å²) < 4.78 is 0. The molecule has 28 heavy (non-hydrogen) atoms. The highest BCUT2D eigenvalue weighted by Crippen LogP contribution is 2.52. The molecule has 0 fully saturated rings. The van der Waals surface area contributed by atoms with Gasteiger partial charge in [0.1, 0.15) is 11.9 Å². The summed E-state index contributed by atoms with van der Waals surface area (Å²) in [6.07, 6.45) is 7.88. The molecule has 0 bridgehead atoms. The number of para-hydroxylation sites is 1. The molecule has 5 heteroatoms. The molecular formula is C23H23N5. The number of hydrogen-bond donors (Lipinski definition) is 0. The molecule has 0 aliphatic carbocycles. The van der Waals surface area contributed by atoms with Crippen LogP contribution in [-0.2, 0) is 0 Å². The van der Waals surface area contributed by atoms with Gasteiger partial charge in [0.15, 0.2) is 11.6 Å². The Kier molecular flexibility index (Phi) is 3.72. The topological polar surface area (TPSA) is 45.2 Å². The zero-order valence-electron chi connectivity index (χ0n) is 16.4. The Morgan fingerprint density at radius 1 is 1.11 bits per heavy atom. The summed E-state index contributed by atoms with van der Waals surface area (Å²) in [5.74, 6) is 2.39. The lowest BCUT2D eigenvalue weighted by atomic mass is 9.80. The van der Waals surface area contributed by atoms with Gasteiger partial charge < -0.3 is 9.80 Å². The minimum atomic E-state index is 0.191. The van der Waals surface area contributed by atoms with E-state index in [-0.39, 0.29) is 6.17 Å². The van der Waals surface area contributed by atoms with Crippen LogP contribution in [0.3, 0.4) is 0 Å². The second-order valence-electron chi connectivity index (χ2n) is 7.67. The van der Waals surface area contributed by atoms with Gasteiger partial charge >= 0.3 is 0 Å². The van der Waals surface area contributed by atoms with Crippen molar-refractivity contribution in [2.75, 3.05) is 16.8 Å². The lowest BCUT2D eigenvalue weighted by Crippen LogP contribution is -2.48. The fraction of sp³-hybridized carbons (Fsp3) is 0.261. The fourth-order valence-electron chi connectivity index (χ4n) is 4.75. The number of rotatable bonds is 2. The van der Waals surface area contributed by atoms with Crippen molar-refractivity contribution in [3.8, 4) is 11.4 Å². The number of pyridine rings is 1. The number of allylic oxidation sites excluding steroid dienone is 1. The standard InChI is InChI=1S/C23H23N5/c1-5-16-15(3)23-27(4)22-20(28(23)19-9-7-6-8-18(16)19)13-25-21(26-22)17-10-11-24-12-14(17)2/h5-13,15-16,23H,1H2,2-4H3. The summed E-state index contributed by atoms with van der Waals surface area (Å²) in [4.78, 5) is 18.5. The smallest absolute Gasteiger partial charge is 0.162 e. The molecule has 0 saturated heterocycles. The Balaban J connectivity index is 1.68. The van der Waals surface area contributed by atoms with E-state index in [4.69, 9.17) is 9.97 Å². The Morgan fingerprint density at radius 2 is 1.93 bits per heavy atom. The van der Waals surface area contributed by atoms with Crippen LogP contribution in [0.25, 0.3) is 11.4 Å². The Morgan fingerprint density at radius 3 is 2.71 bits per heavy atom. The highest BCUT2D eigenvalue weighted by atomic mass is 15.4. The molecule has 4 heterocycles. The van der Waals surface area contributed by atoms with Crippen molar-refractivity contribution in [3.05, 3.63) is 72.7 Å². The zero-order chi connectivity index (χ0) is 19.4. The van der Waals surface area contributed by atoms with Crippen LogP contribution < -0.4 is 9.80 Å². The second-order valence-corrected chi connectivity index (χ2v) is 7.67. The molecule has 5 rings (SSSR count). The third-order valence-corrected chi connectivity index (χ3v) is 6.11. The molecule has 0 amide bonds. The lowest BCUT2D eigenvalue weighted by Gasteiger charge is -2.43. The number of aryl methyl sites for hydroxylation is 1. The van der Waals surface area contributed by atoms with Crippen molar-refractivity contribution in [1.82, 2.24) is 15.0 Å². The quantitative estimate of drug-likeness (QED) is 0.614. The van der Waals surface area contributed by atoms with E-state index in [9.17, 15) is 0 Å². The van der Waals surface area contributed by atoms with Gasteiger partial charge in [-0.05, 0) is 30.2 Å². The Hall–Kier alpha value is -3.21. The maximum Gasteiger partial charge on any atom is 0.162 e. The summed E-state index contributed by atoms with van der Waals surface area (Å²) in [7, 11) is 2.13. The molecule has 5 nitrogen and oxygen atoms in total. The first-order valence-electron chi connectivity index (χ1n) is 9.63. The average molecular weight is 369 g/mol. The van der Waals surface area contributed by atoms with Gasteiger partial charge in [0.05, 0.1) is 6.20 Å². The second kappa shape index (κ2) is 6.16.